The second-order valence-electron chi connectivity index (χ2n) is 6.88. The summed E-state index contributed by atoms with van der Waals surface area (Å²) in [6, 6.07) is 13.2. The molecule has 2 aromatic carbocycles. The van der Waals surface area contributed by atoms with E-state index in [9.17, 15) is 13.6 Å². The van der Waals surface area contributed by atoms with Gasteiger partial charge in [-0.2, -0.15) is 0 Å². The van der Waals surface area contributed by atoms with Crippen molar-refractivity contribution in [1.29, 1.82) is 0 Å². The third-order valence-corrected chi connectivity index (χ3v) is 4.72. The molecule has 0 bridgehead atoms. The van der Waals surface area contributed by atoms with Gasteiger partial charge in [-0.3, -0.25) is 4.79 Å². The van der Waals surface area contributed by atoms with Crippen LogP contribution < -0.4 is 4.74 Å². The zero-order valence-electron chi connectivity index (χ0n) is 15.6. The Balaban J connectivity index is 1.45. The van der Waals surface area contributed by atoms with Gasteiger partial charge < -0.3 is 9.64 Å². The lowest BCUT2D eigenvalue weighted by molar-refractivity contribution is 0.0719. The summed E-state index contributed by atoms with van der Waals surface area (Å²) in [5.41, 5.74) is 0.977. The second-order valence-corrected chi connectivity index (χ2v) is 6.88. The Kier molecular flexibility index (Phi) is 5.46. The number of hydrogen-bond acceptors (Lipinski definition) is 4. The van der Waals surface area contributed by atoms with E-state index in [0.717, 1.165) is 18.4 Å². The zero-order valence-corrected chi connectivity index (χ0v) is 15.6. The second kappa shape index (κ2) is 8.34. The van der Waals surface area contributed by atoms with Crippen molar-refractivity contribution in [2.75, 3.05) is 0 Å². The molecule has 1 saturated carbocycles. The van der Waals surface area contributed by atoms with E-state index in [2.05, 4.69) is 9.97 Å². The molecule has 1 amide bonds. The summed E-state index contributed by atoms with van der Waals surface area (Å²) in [6.45, 7) is 0.194. The van der Waals surface area contributed by atoms with Gasteiger partial charge >= 0.3 is 0 Å². The van der Waals surface area contributed by atoms with E-state index in [0.29, 0.717) is 12.5 Å². The molecule has 0 unspecified atom stereocenters. The highest BCUT2D eigenvalue weighted by molar-refractivity contribution is 5.92. The summed E-state index contributed by atoms with van der Waals surface area (Å²) in [7, 11) is 0. The molecule has 4 rings (SSSR count). The van der Waals surface area contributed by atoms with Crippen LogP contribution in [-0.4, -0.2) is 26.8 Å². The molecule has 1 fully saturated rings. The minimum Gasteiger partial charge on any atom is -0.472 e. The van der Waals surface area contributed by atoms with Crippen LogP contribution in [0.5, 0.6) is 5.88 Å². The van der Waals surface area contributed by atoms with Crippen molar-refractivity contribution in [2.45, 2.75) is 32.0 Å². The Bertz CT molecular complexity index is 972. The maximum absolute atomic E-state index is 14.0. The van der Waals surface area contributed by atoms with Crippen molar-refractivity contribution in [1.82, 2.24) is 14.9 Å². The quantitative estimate of drug-likeness (QED) is 0.603. The molecule has 148 valence electrons. The van der Waals surface area contributed by atoms with E-state index in [-0.39, 0.29) is 23.8 Å². The lowest BCUT2D eigenvalue weighted by Gasteiger charge is -2.22. The van der Waals surface area contributed by atoms with Crippen molar-refractivity contribution in [3.8, 4) is 5.88 Å². The highest BCUT2D eigenvalue weighted by Crippen LogP contribution is 2.30. The van der Waals surface area contributed by atoms with Crippen molar-refractivity contribution in [3.63, 3.8) is 0 Å². The van der Waals surface area contributed by atoms with Crippen LogP contribution in [0.1, 0.15) is 34.5 Å². The summed E-state index contributed by atoms with van der Waals surface area (Å²) >= 11 is 0. The largest absolute Gasteiger partial charge is 0.472 e. The van der Waals surface area contributed by atoms with Crippen LogP contribution in [0.3, 0.4) is 0 Å². The standard InChI is InChI=1S/C22H19F2N3O2/c23-18-7-4-8-19(24)17(18)13-27(16-9-10-16)22(28)20-11-26-21(12-25-20)29-14-15-5-2-1-3-6-15/h1-8,11-12,16H,9-10,13-14H2. The van der Waals surface area contributed by atoms with Crippen molar-refractivity contribution in [3.05, 3.63) is 89.4 Å². The molecule has 1 aliphatic rings. The number of benzene rings is 2. The van der Waals surface area contributed by atoms with Gasteiger partial charge in [0, 0.05) is 11.6 Å². The average molecular weight is 395 g/mol. The minimum absolute atomic E-state index is 0.0442. The third-order valence-electron chi connectivity index (χ3n) is 4.72. The number of amides is 1. The molecule has 7 heteroatoms. The van der Waals surface area contributed by atoms with E-state index >= 15 is 0 Å². The van der Waals surface area contributed by atoms with Crippen LogP contribution >= 0.6 is 0 Å². The monoisotopic (exact) mass is 395 g/mol. The molecule has 0 radical (unpaired) electrons. The molecule has 1 aliphatic carbocycles. The third kappa shape index (κ3) is 4.56. The van der Waals surface area contributed by atoms with E-state index in [1.165, 1.54) is 35.5 Å². The van der Waals surface area contributed by atoms with Crippen LogP contribution in [0.2, 0.25) is 0 Å². The van der Waals surface area contributed by atoms with Gasteiger partial charge in [-0.25, -0.2) is 18.7 Å². The Morgan fingerprint density at radius 3 is 2.34 bits per heavy atom. The van der Waals surface area contributed by atoms with Crippen molar-refractivity contribution < 1.29 is 18.3 Å². The Labute approximate surface area is 167 Å². The molecule has 5 nitrogen and oxygen atoms in total. The summed E-state index contributed by atoms with van der Waals surface area (Å²) in [5.74, 6) is -1.45. The van der Waals surface area contributed by atoms with E-state index in [1.54, 1.807) is 0 Å². The molecule has 1 aromatic heterocycles. The fourth-order valence-corrected chi connectivity index (χ4v) is 2.99. The van der Waals surface area contributed by atoms with Gasteiger partial charge in [-0.1, -0.05) is 36.4 Å². The van der Waals surface area contributed by atoms with E-state index in [1.807, 2.05) is 30.3 Å². The Morgan fingerprint density at radius 1 is 1.00 bits per heavy atom. The number of nitrogens with zero attached hydrogens (tertiary/aromatic N) is 3. The van der Waals surface area contributed by atoms with Crippen molar-refractivity contribution in [2.24, 2.45) is 0 Å². The number of carbonyl (C=O) groups excluding carboxylic acids is 1. The molecule has 0 aliphatic heterocycles. The first-order valence-corrected chi connectivity index (χ1v) is 9.34. The fourth-order valence-electron chi connectivity index (χ4n) is 2.99. The van der Waals surface area contributed by atoms with Crippen LogP contribution in [0.4, 0.5) is 8.78 Å². The van der Waals surface area contributed by atoms with Gasteiger partial charge in [0.1, 0.15) is 23.9 Å². The lowest BCUT2D eigenvalue weighted by Crippen LogP contribution is -2.34. The Hall–Kier alpha value is -3.35. The minimum atomic E-state index is -0.667. The van der Waals surface area contributed by atoms with E-state index in [4.69, 9.17) is 4.74 Å². The zero-order chi connectivity index (χ0) is 20.2. The van der Waals surface area contributed by atoms with Gasteiger partial charge in [0.2, 0.25) is 5.88 Å². The van der Waals surface area contributed by atoms with Gasteiger partial charge in [-0.05, 0) is 30.5 Å². The number of carbonyl (C=O) groups is 1. The number of ether oxygens (including phenoxy) is 1. The smallest absolute Gasteiger partial charge is 0.274 e. The maximum Gasteiger partial charge on any atom is 0.274 e. The number of hydrogen-bond donors (Lipinski definition) is 0. The first-order chi connectivity index (χ1) is 14.1. The molecule has 3 aromatic rings. The van der Waals surface area contributed by atoms with Gasteiger partial charge in [0.25, 0.3) is 5.91 Å². The first kappa shape index (κ1) is 19.0. The maximum atomic E-state index is 14.0. The van der Waals surface area contributed by atoms with Gasteiger partial charge in [0.05, 0.1) is 18.9 Å². The van der Waals surface area contributed by atoms with Gasteiger partial charge in [0.15, 0.2) is 0 Å². The SMILES string of the molecule is O=C(c1cnc(OCc2ccccc2)cn1)N(Cc1c(F)cccc1F)C1CC1. The highest BCUT2D eigenvalue weighted by Gasteiger charge is 2.34. The molecule has 0 atom stereocenters. The van der Waals surface area contributed by atoms with Crippen LogP contribution in [-0.2, 0) is 13.2 Å². The Morgan fingerprint density at radius 2 is 1.72 bits per heavy atom. The van der Waals surface area contributed by atoms with E-state index < -0.39 is 17.5 Å². The average Bonchev–Trinajstić information content (AvgIpc) is 3.58. The molecular formula is C22H19F2N3O2. The van der Waals surface area contributed by atoms with Crippen molar-refractivity contribution >= 4 is 5.91 Å². The number of aromatic nitrogens is 2. The molecule has 0 saturated heterocycles. The van der Waals surface area contributed by atoms with Crippen LogP contribution in [0.25, 0.3) is 0 Å². The summed E-state index contributed by atoms with van der Waals surface area (Å²) in [5, 5.41) is 0. The predicted octanol–water partition coefficient (Wildman–Crippen LogP) is 4.14. The molecule has 0 N–H and O–H groups in total. The summed E-state index contributed by atoms with van der Waals surface area (Å²) in [4.78, 5) is 22.6. The molecule has 1 heterocycles. The number of rotatable bonds is 7. The topological polar surface area (TPSA) is 55.3 Å². The lowest BCUT2D eigenvalue weighted by atomic mass is 10.1. The van der Waals surface area contributed by atoms with Gasteiger partial charge in [-0.15, -0.1) is 0 Å². The number of halogens is 2. The summed E-state index contributed by atoms with van der Waals surface area (Å²) in [6.07, 6.45) is 4.31. The normalized spacial score (nSPS) is 13.2. The summed E-state index contributed by atoms with van der Waals surface area (Å²) < 4.78 is 33.6. The molecule has 0 spiro atoms. The molecule has 29 heavy (non-hydrogen) atoms. The fraction of sp³-hybridized carbons (Fsp3) is 0.227. The molecular weight excluding hydrogens is 376 g/mol. The predicted molar refractivity (Wildman–Crippen MR) is 102 cm³/mol. The highest BCUT2D eigenvalue weighted by atomic mass is 19.1. The van der Waals surface area contributed by atoms with Crippen LogP contribution in [0.15, 0.2) is 60.9 Å². The first-order valence-electron chi connectivity index (χ1n) is 9.34. The van der Waals surface area contributed by atoms with Crippen LogP contribution in [0, 0.1) is 11.6 Å².